The third-order valence-electron chi connectivity index (χ3n) is 3.45. The monoisotopic (exact) mass is 317 g/mol. The molecule has 1 N–H and O–H groups in total. The maximum absolute atomic E-state index is 13.7. The maximum atomic E-state index is 13.7. The molecule has 0 aliphatic heterocycles. The molecule has 0 saturated carbocycles. The molecule has 0 atom stereocenters. The molecule has 0 bridgehead atoms. The van der Waals surface area contributed by atoms with Crippen LogP contribution in [0.3, 0.4) is 0 Å². The summed E-state index contributed by atoms with van der Waals surface area (Å²) in [6.45, 7) is 6.94. The van der Waals surface area contributed by atoms with E-state index in [1.165, 1.54) is 6.92 Å². The molecule has 5 nitrogen and oxygen atoms in total. The van der Waals surface area contributed by atoms with Crippen LogP contribution in [0.1, 0.15) is 29.8 Å². The summed E-state index contributed by atoms with van der Waals surface area (Å²) in [7, 11) is -3.73. The highest BCUT2D eigenvalue weighted by molar-refractivity contribution is 7.91. The van der Waals surface area contributed by atoms with Crippen LogP contribution in [0.5, 0.6) is 0 Å². The van der Waals surface area contributed by atoms with Crippen LogP contribution >= 0.6 is 0 Å². The van der Waals surface area contributed by atoms with Gasteiger partial charge < -0.3 is 10.0 Å². The molecule has 0 heterocycles. The zero-order chi connectivity index (χ0) is 16.2. The molecule has 1 rings (SSSR count). The molecule has 0 radical (unpaired) electrons. The lowest BCUT2D eigenvalue weighted by molar-refractivity contribution is 0.0696. The molecule has 1 aromatic rings. The highest BCUT2D eigenvalue weighted by Gasteiger charge is 2.22. The Hall–Kier alpha value is -1.47. The molecule has 0 aliphatic carbocycles. The molecule has 0 saturated heterocycles. The van der Waals surface area contributed by atoms with Crippen molar-refractivity contribution in [1.29, 1.82) is 0 Å². The van der Waals surface area contributed by atoms with Gasteiger partial charge >= 0.3 is 5.97 Å². The van der Waals surface area contributed by atoms with Crippen LogP contribution < -0.4 is 0 Å². The molecule has 1 aromatic carbocycles. The van der Waals surface area contributed by atoms with Gasteiger partial charge in [0.1, 0.15) is 5.82 Å². The number of carbonyl (C=O) groups is 1. The molecule has 0 aromatic heterocycles. The Bertz CT molecular complexity index is 624. The SMILES string of the molecule is CCN(CC)CCS(=O)(=O)c1cc(C(=O)O)cc(F)c1C. The number of hydrogen-bond acceptors (Lipinski definition) is 4. The molecule has 0 aliphatic rings. The molecular weight excluding hydrogens is 297 g/mol. The number of rotatable bonds is 7. The first-order valence-corrected chi connectivity index (χ1v) is 8.36. The van der Waals surface area contributed by atoms with Crippen LogP contribution in [0.25, 0.3) is 0 Å². The van der Waals surface area contributed by atoms with Crippen molar-refractivity contribution in [2.75, 3.05) is 25.4 Å². The van der Waals surface area contributed by atoms with Crippen LogP contribution in [0.4, 0.5) is 4.39 Å². The lowest BCUT2D eigenvalue weighted by Crippen LogP contribution is -2.29. The van der Waals surface area contributed by atoms with Crippen molar-refractivity contribution < 1.29 is 22.7 Å². The first-order chi connectivity index (χ1) is 9.72. The maximum Gasteiger partial charge on any atom is 0.335 e. The number of carboxylic acid groups (broad SMARTS) is 1. The van der Waals surface area contributed by atoms with Crippen molar-refractivity contribution >= 4 is 15.8 Å². The number of nitrogens with zero attached hydrogens (tertiary/aromatic N) is 1. The Morgan fingerprint density at radius 2 is 1.86 bits per heavy atom. The molecule has 0 amide bonds. The quantitative estimate of drug-likeness (QED) is 0.832. The van der Waals surface area contributed by atoms with Gasteiger partial charge in [0.15, 0.2) is 9.84 Å². The molecule has 0 fully saturated rings. The number of carboxylic acids is 1. The average molecular weight is 317 g/mol. The van der Waals surface area contributed by atoms with Gasteiger partial charge in [0.05, 0.1) is 16.2 Å². The van der Waals surface area contributed by atoms with E-state index in [2.05, 4.69) is 0 Å². The van der Waals surface area contributed by atoms with Crippen LogP contribution in [-0.2, 0) is 9.84 Å². The minimum atomic E-state index is -3.73. The Labute approximate surface area is 124 Å². The third-order valence-corrected chi connectivity index (χ3v) is 5.26. The Balaban J connectivity index is 3.16. The molecular formula is C14H20FNO4S. The van der Waals surface area contributed by atoms with E-state index in [0.29, 0.717) is 19.6 Å². The van der Waals surface area contributed by atoms with E-state index in [-0.39, 0.29) is 21.8 Å². The van der Waals surface area contributed by atoms with Crippen LogP contribution in [0, 0.1) is 12.7 Å². The fraction of sp³-hybridized carbons (Fsp3) is 0.500. The van der Waals surface area contributed by atoms with E-state index in [1.807, 2.05) is 18.7 Å². The molecule has 0 unspecified atom stereocenters. The highest BCUT2D eigenvalue weighted by atomic mass is 32.2. The summed E-state index contributed by atoms with van der Waals surface area (Å²) in [6, 6.07) is 1.86. The van der Waals surface area contributed by atoms with Gasteiger partial charge in [-0.3, -0.25) is 0 Å². The number of halogens is 1. The van der Waals surface area contributed by atoms with Gasteiger partial charge in [-0.05, 0) is 32.1 Å². The first kappa shape index (κ1) is 17.6. The Kier molecular flexibility index (Phi) is 5.86. The zero-order valence-corrected chi connectivity index (χ0v) is 13.2. The van der Waals surface area contributed by atoms with Gasteiger partial charge in [-0.15, -0.1) is 0 Å². The van der Waals surface area contributed by atoms with E-state index in [0.717, 1.165) is 12.1 Å². The fourth-order valence-electron chi connectivity index (χ4n) is 2.00. The van der Waals surface area contributed by atoms with Crippen molar-refractivity contribution in [2.45, 2.75) is 25.7 Å². The predicted molar refractivity (Wildman–Crippen MR) is 77.9 cm³/mol. The van der Waals surface area contributed by atoms with E-state index in [9.17, 15) is 17.6 Å². The van der Waals surface area contributed by atoms with Crippen LogP contribution in [0.2, 0.25) is 0 Å². The lowest BCUT2D eigenvalue weighted by atomic mass is 10.1. The standard InChI is InChI=1S/C14H20FNO4S/c1-4-16(5-2)6-7-21(19,20)13-9-11(14(17)18)8-12(15)10(13)3/h8-9H,4-7H2,1-3H3,(H,17,18). The second kappa shape index (κ2) is 7.00. The summed E-state index contributed by atoms with van der Waals surface area (Å²) >= 11 is 0. The second-order valence-electron chi connectivity index (χ2n) is 4.73. The van der Waals surface area contributed by atoms with E-state index in [4.69, 9.17) is 5.11 Å². The summed E-state index contributed by atoms with van der Waals surface area (Å²) in [5, 5.41) is 8.91. The average Bonchev–Trinajstić information content (AvgIpc) is 2.42. The number of sulfone groups is 1. The van der Waals surface area contributed by atoms with Crippen molar-refractivity contribution in [3.05, 3.63) is 29.1 Å². The summed E-state index contributed by atoms with van der Waals surface area (Å²) in [5.41, 5.74) is -0.404. The predicted octanol–water partition coefficient (Wildman–Crippen LogP) is 1.95. The highest BCUT2D eigenvalue weighted by Crippen LogP contribution is 2.22. The summed E-state index contributed by atoms with van der Waals surface area (Å²) in [6.07, 6.45) is 0. The normalized spacial score (nSPS) is 11.9. The topological polar surface area (TPSA) is 74.7 Å². The van der Waals surface area contributed by atoms with E-state index < -0.39 is 21.6 Å². The zero-order valence-electron chi connectivity index (χ0n) is 12.4. The van der Waals surface area contributed by atoms with Gasteiger partial charge in [0.2, 0.25) is 0 Å². The third kappa shape index (κ3) is 4.25. The second-order valence-corrected chi connectivity index (χ2v) is 6.81. The van der Waals surface area contributed by atoms with Crippen molar-refractivity contribution in [2.24, 2.45) is 0 Å². The fourth-order valence-corrected chi connectivity index (χ4v) is 3.59. The van der Waals surface area contributed by atoms with Gasteiger partial charge in [-0.2, -0.15) is 0 Å². The smallest absolute Gasteiger partial charge is 0.335 e. The number of aromatic carboxylic acids is 1. The molecule has 118 valence electrons. The van der Waals surface area contributed by atoms with Gasteiger partial charge in [0, 0.05) is 12.1 Å². The Morgan fingerprint density at radius 1 is 1.29 bits per heavy atom. The first-order valence-electron chi connectivity index (χ1n) is 6.71. The number of benzene rings is 1. The molecule has 21 heavy (non-hydrogen) atoms. The summed E-state index contributed by atoms with van der Waals surface area (Å²) < 4.78 is 38.4. The van der Waals surface area contributed by atoms with Crippen molar-refractivity contribution in [3.8, 4) is 0 Å². The van der Waals surface area contributed by atoms with Crippen LogP contribution in [0.15, 0.2) is 17.0 Å². The van der Waals surface area contributed by atoms with Crippen molar-refractivity contribution in [1.82, 2.24) is 4.90 Å². The van der Waals surface area contributed by atoms with Crippen molar-refractivity contribution in [3.63, 3.8) is 0 Å². The van der Waals surface area contributed by atoms with Gasteiger partial charge in [-0.1, -0.05) is 13.8 Å². The minimum Gasteiger partial charge on any atom is -0.478 e. The van der Waals surface area contributed by atoms with Gasteiger partial charge in [-0.25, -0.2) is 17.6 Å². The largest absolute Gasteiger partial charge is 0.478 e. The van der Waals surface area contributed by atoms with Crippen LogP contribution in [-0.4, -0.2) is 49.8 Å². The Morgan fingerprint density at radius 3 is 2.33 bits per heavy atom. The lowest BCUT2D eigenvalue weighted by Gasteiger charge is -2.18. The molecule has 7 heteroatoms. The van der Waals surface area contributed by atoms with E-state index in [1.54, 1.807) is 0 Å². The van der Waals surface area contributed by atoms with Gasteiger partial charge in [0.25, 0.3) is 0 Å². The molecule has 0 spiro atoms. The summed E-state index contributed by atoms with van der Waals surface area (Å²) in [5.74, 6) is -2.34. The summed E-state index contributed by atoms with van der Waals surface area (Å²) in [4.78, 5) is 12.6. The minimum absolute atomic E-state index is 0.0421. The van der Waals surface area contributed by atoms with E-state index >= 15 is 0 Å². The number of hydrogen-bond donors (Lipinski definition) is 1.